The van der Waals surface area contributed by atoms with Gasteiger partial charge in [0.1, 0.15) is 12.4 Å². The van der Waals surface area contributed by atoms with Gasteiger partial charge in [-0.2, -0.15) is 0 Å². The Morgan fingerprint density at radius 3 is 2.40 bits per heavy atom. The molecule has 0 amide bonds. The minimum absolute atomic E-state index is 0.0318. The van der Waals surface area contributed by atoms with Crippen LogP contribution in [0.5, 0.6) is 5.75 Å². The number of carbonyl (C=O) groups is 2. The van der Waals surface area contributed by atoms with Crippen molar-refractivity contribution >= 4 is 23.2 Å². The van der Waals surface area contributed by atoms with Crippen LogP contribution in [0.3, 0.4) is 0 Å². The highest BCUT2D eigenvalue weighted by Crippen LogP contribution is 2.26. The average molecular weight is 287 g/mol. The fourth-order valence-electron chi connectivity index (χ4n) is 2.17. The Balaban J connectivity index is 1.76. The van der Waals surface area contributed by atoms with Gasteiger partial charge in [0.05, 0.1) is 6.42 Å². The highest BCUT2D eigenvalue weighted by atomic mass is 35.5. The van der Waals surface area contributed by atoms with E-state index in [0.29, 0.717) is 28.5 Å². The van der Waals surface area contributed by atoms with Crippen molar-refractivity contribution in [1.29, 1.82) is 0 Å². The molecule has 0 spiro atoms. The molecule has 20 heavy (non-hydrogen) atoms. The molecule has 1 aliphatic carbocycles. The van der Waals surface area contributed by atoms with E-state index in [0.717, 1.165) is 5.56 Å². The second kappa shape index (κ2) is 5.10. The van der Waals surface area contributed by atoms with Gasteiger partial charge in [-0.15, -0.1) is 0 Å². The van der Waals surface area contributed by atoms with E-state index >= 15 is 0 Å². The van der Waals surface area contributed by atoms with Gasteiger partial charge < -0.3 is 4.74 Å². The lowest BCUT2D eigenvalue weighted by Crippen LogP contribution is -1.97. The second-order valence-electron chi connectivity index (χ2n) is 4.65. The number of ether oxygens (including phenoxy) is 1. The van der Waals surface area contributed by atoms with Gasteiger partial charge in [-0.1, -0.05) is 23.7 Å². The maximum absolute atomic E-state index is 11.6. The first-order valence-corrected chi connectivity index (χ1v) is 6.59. The Morgan fingerprint density at radius 2 is 1.65 bits per heavy atom. The van der Waals surface area contributed by atoms with Crippen molar-refractivity contribution in [2.45, 2.75) is 13.0 Å². The molecular weight excluding hydrogens is 276 g/mol. The number of rotatable bonds is 3. The Morgan fingerprint density at radius 1 is 0.950 bits per heavy atom. The molecule has 0 fully saturated rings. The van der Waals surface area contributed by atoms with Gasteiger partial charge >= 0.3 is 0 Å². The SMILES string of the molecule is O=C1CC(=O)c2cc(OCc3ccc(Cl)cc3)ccc21. The summed E-state index contributed by atoms with van der Waals surface area (Å²) in [5.41, 5.74) is 1.94. The normalized spacial score (nSPS) is 13.4. The average Bonchev–Trinajstić information content (AvgIpc) is 2.73. The van der Waals surface area contributed by atoms with Crippen LogP contribution >= 0.6 is 11.6 Å². The molecule has 3 nitrogen and oxygen atoms in total. The van der Waals surface area contributed by atoms with Crippen LogP contribution in [0.25, 0.3) is 0 Å². The van der Waals surface area contributed by atoms with Crippen LogP contribution in [-0.4, -0.2) is 11.6 Å². The second-order valence-corrected chi connectivity index (χ2v) is 5.08. The quantitative estimate of drug-likeness (QED) is 0.808. The van der Waals surface area contributed by atoms with Crippen molar-refractivity contribution in [3.8, 4) is 5.75 Å². The Kier molecular flexibility index (Phi) is 3.28. The van der Waals surface area contributed by atoms with E-state index < -0.39 is 0 Å². The molecule has 3 rings (SSSR count). The van der Waals surface area contributed by atoms with Crippen molar-refractivity contribution < 1.29 is 14.3 Å². The van der Waals surface area contributed by atoms with Crippen LogP contribution in [0.1, 0.15) is 32.7 Å². The van der Waals surface area contributed by atoms with Crippen molar-refractivity contribution in [1.82, 2.24) is 0 Å². The monoisotopic (exact) mass is 286 g/mol. The minimum atomic E-state index is -0.137. The zero-order valence-electron chi connectivity index (χ0n) is 10.6. The molecule has 100 valence electrons. The first-order valence-electron chi connectivity index (χ1n) is 6.21. The van der Waals surface area contributed by atoms with Crippen LogP contribution in [-0.2, 0) is 6.61 Å². The summed E-state index contributed by atoms with van der Waals surface area (Å²) in [6.45, 7) is 0.387. The Bertz CT molecular complexity index is 689. The fourth-order valence-corrected chi connectivity index (χ4v) is 2.30. The smallest absolute Gasteiger partial charge is 0.171 e. The molecular formula is C16H11ClO3. The number of benzene rings is 2. The minimum Gasteiger partial charge on any atom is -0.489 e. The number of hydrogen-bond acceptors (Lipinski definition) is 3. The van der Waals surface area contributed by atoms with E-state index in [-0.39, 0.29) is 18.0 Å². The number of Topliss-reactive ketones (excluding diaryl/α,β-unsaturated/α-hetero) is 2. The molecule has 2 aromatic rings. The van der Waals surface area contributed by atoms with Gasteiger partial charge in [0.2, 0.25) is 0 Å². The molecule has 0 aliphatic heterocycles. The fraction of sp³-hybridized carbons (Fsp3) is 0.125. The summed E-state index contributed by atoms with van der Waals surface area (Å²) in [5, 5.41) is 0.676. The molecule has 0 atom stereocenters. The van der Waals surface area contributed by atoms with Gasteiger partial charge in [-0.05, 0) is 35.9 Å². The summed E-state index contributed by atoms with van der Waals surface area (Å²) < 4.78 is 5.63. The Hall–Kier alpha value is -2.13. The lowest BCUT2D eigenvalue weighted by molar-refractivity contribution is 0.0923. The van der Waals surface area contributed by atoms with E-state index in [9.17, 15) is 9.59 Å². The van der Waals surface area contributed by atoms with E-state index in [1.54, 1.807) is 30.3 Å². The molecule has 0 bridgehead atoms. The van der Waals surface area contributed by atoms with Crippen molar-refractivity contribution in [2.24, 2.45) is 0 Å². The standard InChI is InChI=1S/C16H11ClO3/c17-11-3-1-10(2-4-11)9-20-12-5-6-13-14(7-12)16(19)8-15(13)18/h1-7H,8-9H2. The molecule has 0 unspecified atom stereocenters. The van der Waals surface area contributed by atoms with Gasteiger partial charge in [0.25, 0.3) is 0 Å². The third-order valence-corrected chi connectivity index (χ3v) is 3.48. The summed E-state index contributed by atoms with van der Waals surface area (Å²) in [7, 11) is 0. The summed E-state index contributed by atoms with van der Waals surface area (Å²) in [4.78, 5) is 23.2. The Labute approximate surface area is 121 Å². The van der Waals surface area contributed by atoms with Crippen LogP contribution in [0.15, 0.2) is 42.5 Å². The summed E-state index contributed by atoms with van der Waals surface area (Å²) in [6, 6.07) is 12.4. The van der Waals surface area contributed by atoms with Crippen molar-refractivity contribution in [3.05, 3.63) is 64.2 Å². The zero-order valence-corrected chi connectivity index (χ0v) is 11.3. The lowest BCUT2D eigenvalue weighted by Gasteiger charge is -2.07. The molecule has 0 saturated carbocycles. The molecule has 0 saturated heterocycles. The predicted octanol–water partition coefficient (Wildman–Crippen LogP) is 3.69. The van der Waals surface area contributed by atoms with Crippen molar-refractivity contribution in [3.63, 3.8) is 0 Å². The molecule has 0 radical (unpaired) electrons. The summed E-state index contributed by atoms with van der Waals surface area (Å²) in [5.74, 6) is 0.331. The third kappa shape index (κ3) is 2.45. The van der Waals surface area contributed by atoms with Crippen LogP contribution < -0.4 is 4.74 Å². The van der Waals surface area contributed by atoms with Gasteiger partial charge in [-0.25, -0.2) is 0 Å². The highest BCUT2D eigenvalue weighted by Gasteiger charge is 2.27. The van der Waals surface area contributed by atoms with E-state index in [4.69, 9.17) is 16.3 Å². The lowest BCUT2D eigenvalue weighted by atomic mass is 10.1. The maximum Gasteiger partial charge on any atom is 0.171 e. The number of fused-ring (bicyclic) bond motifs is 1. The zero-order chi connectivity index (χ0) is 14.1. The molecule has 2 aromatic carbocycles. The van der Waals surface area contributed by atoms with E-state index in [1.165, 1.54) is 0 Å². The van der Waals surface area contributed by atoms with E-state index in [1.807, 2.05) is 12.1 Å². The largest absolute Gasteiger partial charge is 0.489 e. The molecule has 1 aliphatic rings. The number of halogens is 1. The van der Waals surface area contributed by atoms with Crippen LogP contribution in [0.2, 0.25) is 5.02 Å². The number of hydrogen-bond donors (Lipinski definition) is 0. The molecule has 0 aromatic heterocycles. The van der Waals surface area contributed by atoms with Gasteiger partial charge in [-0.3, -0.25) is 9.59 Å². The molecule has 4 heteroatoms. The first-order chi connectivity index (χ1) is 9.63. The van der Waals surface area contributed by atoms with E-state index in [2.05, 4.69) is 0 Å². The molecule has 0 N–H and O–H groups in total. The highest BCUT2D eigenvalue weighted by molar-refractivity contribution is 6.30. The topological polar surface area (TPSA) is 43.4 Å². The number of carbonyl (C=O) groups excluding carboxylic acids is 2. The maximum atomic E-state index is 11.6. The van der Waals surface area contributed by atoms with Crippen LogP contribution in [0.4, 0.5) is 0 Å². The van der Waals surface area contributed by atoms with Gasteiger partial charge in [0, 0.05) is 16.1 Å². The summed E-state index contributed by atoms with van der Waals surface area (Å²) in [6.07, 6.45) is -0.0318. The molecule has 0 heterocycles. The first kappa shape index (κ1) is 12.9. The summed E-state index contributed by atoms with van der Waals surface area (Å²) >= 11 is 5.81. The van der Waals surface area contributed by atoms with Gasteiger partial charge in [0.15, 0.2) is 11.6 Å². The third-order valence-electron chi connectivity index (χ3n) is 3.23. The number of ketones is 2. The van der Waals surface area contributed by atoms with Crippen molar-refractivity contribution in [2.75, 3.05) is 0 Å². The predicted molar refractivity (Wildman–Crippen MR) is 75.5 cm³/mol. The van der Waals surface area contributed by atoms with Crippen LogP contribution in [0, 0.1) is 0 Å².